The molecule has 11 heteroatoms. The van der Waals surface area contributed by atoms with Crippen LogP contribution >= 0.6 is 0 Å². The van der Waals surface area contributed by atoms with E-state index in [4.69, 9.17) is 23.7 Å². The van der Waals surface area contributed by atoms with Crippen LogP contribution < -0.4 is 0 Å². The Balaban J connectivity index is 1.28. The number of rotatable bonds is 3. The predicted octanol–water partition coefficient (Wildman–Crippen LogP) is 1.38. The first-order valence-electron chi connectivity index (χ1n) is 14.0. The molecular formula is C29H34O11. The molecule has 10 atom stereocenters. The minimum atomic E-state index is -2.36. The maximum atomic E-state index is 14.0. The van der Waals surface area contributed by atoms with Crippen LogP contribution in [0, 0.1) is 23.2 Å². The van der Waals surface area contributed by atoms with E-state index in [9.17, 15) is 29.4 Å². The number of hydrogen-bond acceptors (Lipinski definition) is 11. The third-order valence-corrected chi connectivity index (χ3v) is 10.7. The van der Waals surface area contributed by atoms with E-state index in [-0.39, 0.29) is 43.6 Å². The monoisotopic (exact) mass is 558 g/mol. The molecule has 0 amide bonds. The molecule has 7 aliphatic rings. The van der Waals surface area contributed by atoms with Crippen LogP contribution in [0.2, 0.25) is 0 Å². The Bertz CT molecular complexity index is 1350. The van der Waals surface area contributed by atoms with Crippen LogP contribution in [0.4, 0.5) is 0 Å². The SMILES string of the molecule is CC1=CC(=C[C@H](C)C(=O)[C@@]2(C)CC[C@@]34O[C@@](O)(C2)C(=O)[C@@H]3[C@@H]2C[C@H]3C(C)(C)O[C@@H]5CC(=O)O[C@@]53[C@@]4(O)O2)OC1=O. The highest BCUT2D eigenvalue weighted by atomic mass is 16.7. The first kappa shape index (κ1) is 26.5. The van der Waals surface area contributed by atoms with Gasteiger partial charge in [0.25, 0.3) is 0 Å². The van der Waals surface area contributed by atoms with Crippen molar-refractivity contribution in [2.75, 3.05) is 0 Å². The number of fused-ring (bicyclic) bond motifs is 4. The van der Waals surface area contributed by atoms with Gasteiger partial charge in [-0.05, 0) is 52.2 Å². The fourth-order valence-corrected chi connectivity index (χ4v) is 9.05. The molecule has 0 saturated carbocycles. The van der Waals surface area contributed by atoms with Gasteiger partial charge in [0.05, 0.1) is 24.0 Å². The van der Waals surface area contributed by atoms with Crippen LogP contribution in [0.5, 0.6) is 0 Å². The van der Waals surface area contributed by atoms with Gasteiger partial charge in [0.15, 0.2) is 0 Å². The number of hydrogen-bond donors (Lipinski definition) is 2. The van der Waals surface area contributed by atoms with Crippen molar-refractivity contribution in [1.29, 1.82) is 0 Å². The number of esters is 2. The number of ether oxygens (including phenoxy) is 5. The van der Waals surface area contributed by atoms with Gasteiger partial charge in [-0.3, -0.25) is 14.4 Å². The number of Topliss-reactive ketones (excluding diaryl/α,β-unsaturated/α-hetero) is 2. The molecule has 7 rings (SSSR count). The van der Waals surface area contributed by atoms with Crippen LogP contribution in [0.25, 0.3) is 0 Å². The highest BCUT2D eigenvalue weighted by molar-refractivity contribution is 5.96. The van der Waals surface area contributed by atoms with Gasteiger partial charge in [-0.1, -0.05) is 13.8 Å². The summed E-state index contributed by atoms with van der Waals surface area (Å²) in [5, 5.41) is 24.3. The molecule has 6 saturated heterocycles. The number of carbonyl (C=O) groups is 4. The number of allylic oxidation sites excluding steroid dienone is 2. The molecule has 6 fully saturated rings. The molecule has 11 nitrogen and oxygen atoms in total. The smallest absolute Gasteiger partial charge is 0.339 e. The Morgan fingerprint density at radius 3 is 2.52 bits per heavy atom. The molecule has 0 aromatic heterocycles. The molecule has 0 aliphatic carbocycles. The Labute approximate surface area is 230 Å². The summed E-state index contributed by atoms with van der Waals surface area (Å²) in [6.07, 6.45) is 1.49. The Kier molecular flexibility index (Phi) is 4.95. The summed E-state index contributed by atoms with van der Waals surface area (Å²) in [6.45, 7) is 8.67. The van der Waals surface area contributed by atoms with Gasteiger partial charge in [-0.2, -0.15) is 0 Å². The standard InChI is InChI=1S/C29H34O11/c1-13(8-15-9-14(2)23(33)36-15)21(31)25(5)6-7-26-20(22(32)27(34,12-25)40-26)16-10-17-24(3,4)38-18-11-19(30)39-28(17,18)29(26,35)37-16/h8-9,13,16-18,20,34-35H,6-7,10-12H2,1-5H3/t13-,16-,17-,18+,20-,25-,26+,27-,28+,29-/m0/s1. The lowest BCUT2D eigenvalue weighted by Gasteiger charge is -2.52. The molecular weight excluding hydrogens is 524 g/mol. The van der Waals surface area contributed by atoms with Gasteiger partial charge in [0.2, 0.25) is 23.0 Å². The Hall–Kier alpha value is -2.44. The molecule has 40 heavy (non-hydrogen) atoms. The van der Waals surface area contributed by atoms with Crippen LogP contribution in [-0.4, -0.2) is 74.3 Å². The van der Waals surface area contributed by atoms with Crippen molar-refractivity contribution >= 4 is 23.5 Å². The minimum Gasteiger partial charge on any atom is -0.450 e. The highest BCUT2D eigenvalue weighted by Gasteiger charge is 2.91. The van der Waals surface area contributed by atoms with E-state index in [1.807, 2.05) is 13.8 Å². The first-order valence-corrected chi connectivity index (χ1v) is 14.0. The lowest BCUT2D eigenvalue weighted by Crippen LogP contribution is -2.73. The van der Waals surface area contributed by atoms with Gasteiger partial charge in [0, 0.05) is 29.2 Å². The molecule has 7 aliphatic heterocycles. The average molecular weight is 559 g/mol. The zero-order valence-corrected chi connectivity index (χ0v) is 23.1. The Morgan fingerprint density at radius 2 is 1.85 bits per heavy atom. The fourth-order valence-electron chi connectivity index (χ4n) is 9.05. The lowest BCUT2D eigenvalue weighted by atomic mass is 9.63. The largest absolute Gasteiger partial charge is 0.450 e. The van der Waals surface area contributed by atoms with Crippen molar-refractivity contribution in [3.63, 3.8) is 0 Å². The zero-order valence-electron chi connectivity index (χ0n) is 23.1. The minimum absolute atomic E-state index is 0.00257. The van der Waals surface area contributed by atoms with Crippen molar-refractivity contribution in [1.82, 2.24) is 0 Å². The first-order chi connectivity index (χ1) is 18.5. The second-order valence-corrected chi connectivity index (χ2v) is 13.6. The molecule has 0 unspecified atom stereocenters. The average Bonchev–Trinajstić information content (AvgIpc) is 3.50. The summed E-state index contributed by atoms with van der Waals surface area (Å²) in [6, 6.07) is 0. The second kappa shape index (κ2) is 7.49. The quantitative estimate of drug-likeness (QED) is 0.483. The summed E-state index contributed by atoms with van der Waals surface area (Å²) in [5.74, 6) is -8.54. The molecule has 2 spiro atoms. The molecule has 7 heterocycles. The molecule has 0 aromatic carbocycles. The number of aliphatic hydroxyl groups is 2. The van der Waals surface area contributed by atoms with Gasteiger partial charge in [0.1, 0.15) is 23.2 Å². The maximum Gasteiger partial charge on any atom is 0.339 e. The summed E-state index contributed by atoms with van der Waals surface area (Å²) in [7, 11) is 0. The topological polar surface area (TPSA) is 155 Å². The van der Waals surface area contributed by atoms with Crippen LogP contribution in [-0.2, 0) is 42.9 Å². The third kappa shape index (κ3) is 2.87. The van der Waals surface area contributed by atoms with Crippen molar-refractivity contribution < 1.29 is 53.1 Å². The van der Waals surface area contributed by atoms with Gasteiger partial charge < -0.3 is 33.9 Å². The van der Waals surface area contributed by atoms with Gasteiger partial charge in [-0.25, -0.2) is 4.79 Å². The number of cyclic esters (lactones) is 1. The zero-order chi connectivity index (χ0) is 28.8. The fraction of sp³-hybridized carbons (Fsp3) is 0.724. The van der Waals surface area contributed by atoms with Gasteiger partial charge >= 0.3 is 11.9 Å². The van der Waals surface area contributed by atoms with Crippen molar-refractivity contribution in [2.45, 2.75) is 107 Å². The summed E-state index contributed by atoms with van der Waals surface area (Å²) in [5.41, 5.74) is -5.00. The van der Waals surface area contributed by atoms with E-state index < -0.39 is 81.5 Å². The van der Waals surface area contributed by atoms with E-state index in [1.165, 1.54) is 0 Å². The molecule has 216 valence electrons. The molecule has 4 bridgehead atoms. The summed E-state index contributed by atoms with van der Waals surface area (Å²) in [4.78, 5) is 52.3. The predicted molar refractivity (Wildman–Crippen MR) is 132 cm³/mol. The lowest BCUT2D eigenvalue weighted by molar-refractivity contribution is -0.389. The third-order valence-electron chi connectivity index (χ3n) is 10.7. The van der Waals surface area contributed by atoms with E-state index in [2.05, 4.69) is 0 Å². The van der Waals surface area contributed by atoms with Crippen molar-refractivity contribution in [3.05, 3.63) is 23.5 Å². The van der Waals surface area contributed by atoms with E-state index in [0.29, 0.717) is 5.57 Å². The van der Waals surface area contributed by atoms with Gasteiger partial charge in [-0.15, -0.1) is 0 Å². The van der Waals surface area contributed by atoms with Crippen molar-refractivity contribution in [2.24, 2.45) is 23.2 Å². The van der Waals surface area contributed by atoms with Crippen LogP contribution in [0.3, 0.4) is 0 Å². The van der Waals surface area contributed by atoms with Crippen molar-refractivity contribution in [3.8, 4) is 0 Å². The highest BCUT2D eigenvalue weighted by Crippen LogP contribution is 2.72. The second-order valence-electron chi connectivity index (χ2n) is 13.6. The number of ketones is 2. The summed E-state index contributed by atoms with van der Waals surface area (Å²) < 4.78 is 29.9. The van der Waals surface area contributed by atoms with E-state index >= 15 is 0 Å². The molecule has 2 N–H and O–H groups in total. The van der Waals surface area contributed by atoms with Crippen LogP contribution in [0.1, 0.15) is 66.7 Å². The number of carbonyl (C=O) groups excluding carboxylic acids is 4. The molecule has 0 radical (unpaired) electrons. The molecule has 0 aromatic rings. The van der Waals surface area contributed by atoms with E-state index in [1.54, 1.807) is 32.9 Å². The summed E-state index contributed by atoms with van der Waals surface area (Å²) >= 11 is 0. The Morgan fingerprint density at radius 1 is 1.12 bits per heavy atom. The van der Waals surface area contributed by atoms with Crippen LogP contribution in [0.15, 0.2) is 23.5 Å². The normalized spacial score (nSPS) is 51.5. The van der Waals surface area contributed by atoms with E-state index in [0.717, 1.165) is 0 Å². The maximum absolute atomic E-state index is 14.0.